The number of fused-ring (bicyclic) bond motifs is 1. The highest BCUT2D eigenvalue weighted by molar-refractivity contribution is 7.92. The molecule has 0 saturated carbocycles. The molecule has 0 spiro atoms. The van der Waals surface area contributed by atoms with Crippen molar-refractivity contribution in [3.8, 4) is 0 Å². The molecule has 0 bridgehead atoms. The number of benzene rings is 1. The lowest BCUT2D eigenvalue weighted by atomic mass is 10.1. The predicted octanol–water partition coefficient (Wildman–Crippen LogP) is 2.23. The van der Waals surface area contributed by atoms with Crippen LogP contribution < -0.4 is 5.32 Å². The highest BCUT2D eigenvalue weighted by Crippen LogP contribution is 2.20. The van der Waals surface area contributed by atoms with Crippen LogP contribution in [0.4, 0.5) is 0 Å². The van der Waals surface area contributed by atoms with E-state index >= 15 is 0 Å². The van der Waals surface area contributed by atoms with Gasteiger partial charge in [-0.15, -0.1) is 0 Å². The van der Waals surface area contributed by atoms with Crippen molar-refractivity contribution in [2.24, 2.45) is 0 Å². The van der Waals surface area contributed by atoms with Gasteiger partial charge in [0.2, 0.25) is 15.7 Å². The van der Waals surface area contributed by atoms with Crippen molar-refractivity contribution < 1.29 is 17.6 Å². The Bertz CT molecular complexity index is 979. The molecule has 0 unspecified atom stereocenters. The quantitative estimate of drug-likeness (QED) is 0.766. The molecule has 0 fully saturated rings. The SMILES string of the molecule is Cc1cc(S(=O)(=O)CC(=O)NCc2ccco2)nc2ccccc12. The first-order valence-electron chi connectivity index (χ1n) is 7.34. The van der Waals surface area contributed by atoms with Gasteiger partial charge in [0.05, 0.1) is 18.3 Å². The van der Waals surface area contributed by atoms with E-state index in [2.05, 4.69) is 10.3 Å². The Hall–Kier alpha value is -2.67. The van der Waals surface area contributed by atoms with Crippen LogP contribution in [0.5, 0.6) is 0 Å². The molecule has 2 heterocycles. The summed E-state index contributed by atoms with van der Waals surface area (Å²) in [4.78, 5) is 16.1. The molecule has 1 aromatic carbocycles. The minimum Gasteiger partial charge on any atom is -0.467 e. The average Bonchev–Trinajstić information content (AvgIpc) is 3.06. The van der Waals surface area contributed by atoms with Gasteiger partial charge in [0.1, 0.15) is 11.5 Å². The van der Waals surface area contributed by atoms with Gasteiger partial charge in [-0.3, -0.25) is 4.79 Å². The van der Waals surface area contributed by atoms with E-state index in [-0.39, 0.29) is 11.6 Å². The Labute approximate surface area is 139 Å². The maximum absolute atomic E-state index is 12.5. The number of hydrogen-bond donors (Lipinski definition) is 1. The van der Waals surface area contributed by atoms with Crippen LogP contribution >= 0.6 is 0 Å². The fourth-order valence-electron chi connectivity index (χ4n) is 2.37. The average molecular weight is 344 g/mol. The number of carbonyl (C=O) groups excluding carboxylic acids is 1. The molecule has 0 atom stereocenters. The summed E-state index contributed by atoms with van der Waals surface area (Å²) in [7, 11) is -3.82. The lowest BCUT2D eigenvalue weighted by molar-refractivity contribution is -0.118. The van der Waals surface area contributed by atoms with Gasteiger partial charge in [0, 0.05) is 5.39 Å². The Kier molecular flexibility index (Phi) is 4.35. The number of hydrogen-bond acceptors (Lipinski definition) is 5. The third kappa shape index (κ3) is 3.46. The van der Waals surface area contributed by atoms with Crippen molar-refractivity contribution in [2.45, 2.75) is 18.5 Å². The van der Waals surface area contributed by atoms with E-state index < -0.39 is 21.5 Å². The molecule has 7 heteroatoms. The Morgan fingerprint density at radius 3 is 2.75 bits per heavy atom. The topological polar surface area (TPSA) is 89.3 Å². The molecule has 124 valence electrons. The number of nitrogens with one attached hydrogen (secondary N) is 1. The first kappa shape index (κ1) is 16.2. The maximum atomic E-state index is 12.5. The van der Waals surface area contributed by atoms with E-state index in [1.807, 2.05) is 19.1 Å². The second-order valence-electron chi connectivity index (χ2n) is 5.41. The lowest BCUT2D eigenvalue weighted by Gasteiger charge is -2.08. The number of para-hydroxylation sites is 1. The first-order valence-corrected chi connectivity index (χ1v) is 8.99. The van der Waals surface area contributed by atoms with Crippen LogP contribution in [-0.4, -0.2) is 25.1 Å². The van der Waals surface area contributed by atoms with Gasteiger partial charge in [-0.2, -0.15) is 0 Å². The number of furan rings is 1. The van der Waals surface area contributed by atoms with E-state index in [1.54, 1.807) is 24.3 Å². The highest BCUT2D eigenvalue weighted by atomic mass is 32.2. The van der Waals surface area contributed by atoms with E-state index in [4.69, 9.17) is 4.42 Å². The summed E-state index contributed by atoms with van der Waals surface area (Å²) in [5.74, 6) is -0.696. The molecule has 0 aliphatic carbocycles. The molecule has 0 aliphatic heterocycles. The number of sulfone groups is 1. The second kappa shape index (κ2) is 6.45. The van der Waals surface area contributed by atoms with Crippen LogP contribution in [-0.2, 0) is 21.2 Å². The fraction of sp³-hybridized carbons (Fsp3) is 0.176. The number of pyridine rings is 1. The zero-order valence-corrected chi connectivity index (χ0v) is 13.8. The Morgan fingerprint density at radius 1 is 1.21 bits per heavy atom. The van der Waals surface area contributed by atoms with Gasteiger partial charge < -0.3 is 9.73 Å². The number of amides is 1. The molecule has 0 radical (unpaired) electrons. The molecule has 3 aromatic rings. The number of nitrogens with zero attached hydrogens (tertiary/aromatic N) is 1. The summed E-state index contributed by atoms with van der Waals surface area (Å²) in [6.45, 7) is 1.96. The zero-order chi connectivity index (χ0) is 17.2. The predicted molar refractivity (Wildman–Crippen MR) is 89.1 cm³/mol. The van der Waals surface area contributed by atoms with Crippen molar-refractivity contribution in [1.29, 1.82) is 0 Å². The van der Waals surface area contributed by atoms with Crippen molar-refractivity contribution >= 4 is 26.6 Å². The first-order chi connectivity index (χ1) is 11.5. The third-order valence-electron chi connectivity index (χ3n) is 3.58. The van der Waals surface area contributed by atoms with Gasteiger partial charge in [-0.05, 0) is 36.8 Å². The van der Waals surface area contributed by atoms with Crippen LogP contribution in [0.1, 0.15) is 11.3 Å². The molecule has 24 heavy (non-hydrogen) atoms. The summed E-state index contributed by atoms with van der Waals surface area (Å²) in [5.41, 5.74) is 1.39. The van der Waals surface area contributed by atoms with Gasteiger partial charge in [0.15, 0.2) is 5.03 Å². The third-order valence-corrected chi connectivity index (χ3v) is 5.07. The fourth-order valence-corrected chi connectivity index (χ4v) is 3.56. The van der Waals surface area contributed by atoms with Crippen molar-refractivity contribution in [3.63, 3.8) is 0 Å². The monoisotopic (exact) mass is 344 g/mol. The van der Waals surface area contributed by atoms with Crippen LogP contribution in [0.2, 0.25) is 0 Å². The maximum Gasteiger partial charge on any atom is 0.236 e. The Morgan fingerprint density at radius 2 is 2.00 bits per heavy atom. The lowest BCUT2D eigenvalue weighted by Crippen LogP contribution is -2.30. The second-order valence-corrected chi connectivity index (χ2v) is 7.35. The normalized spacial score (nSPS) is 11.5. The van der Waals surface area contributed by atoms with Gasteiger partial charge in [-0.25, -0.2) is 13.4 Å². The number of aryl methyl sites for hydroxylation is 1. The summed E-state index contributed by atoms with van der Waals surface area (Å²) in [5, 5.41) is 3.32. The van der Waals surface area contributed by atoms with Crippen LogP contribution in [0.3, 0.4) is 0 Å². The van der Waals surface area contributed by atoms with E-state index in [9.17, 15) is 13.2 Å². The molecule has 3 rings (SSSR count). The number of rotatable bonds is 5. The largest absolute Gasteiger partial charge is 0.467 e. The summed E-state index contributed by atoms with van der Waals surface area (Å²) >= 11 is 0. The smallest absolute Gasteiger partial charge is 0.236 e. The van der Waals surface area contributed by atoms with Crippen LogP contribution in [0.15, 0.2) is 58.2 Å². The summed E-state index contributed by atoms with van der Waals surface area (Å²) in [6, 6.07) is 12.2. The van der Waals surface area contributed by atoms with Crippen molar-refractivity contribution in [3.05, 3.63) is 60.1 Å². The minimum absolute atomic E-state index is 0.0909. The van der Waals surface area contributed by atoms with Crippen LogP contribution in [0.25, 0.3) is 10.9 Å². The van der Waals surface area contributed by atoms with Gasteiger partial charge in [-0.1, -0.05) is 18.2 Å². The molecule has 0 aliphatic rings. The van der Waals surface area contributed by atoms with Gasteiger partial charge in [0.25, 0.3) is 0 Å². The number of carbonyl (C=O) groups is 1. The highest BCUT2D eigenvalue weighted by Gasteiger charge is 2.22. The summed E-state index contributed by atoms with van der Waals surface area (Å²) in [6.07, 6.45) is 1.49. The van der Waals surface area contributed by atoms with E-state index in [0.29, 0.717) is 11.3 Å². The van der Waals surface area contributed by atoms with Crippen molar-refractivity contribution in [1.82, 2.24) is 10.3 Å². The molecular formula is C17H16N2O4S. The molecule has 1 N–H and O–H groups in total. The molecular weight excluding hydrogens is 328 g/mol. The minimum atomic E-state index is -3.82. The summed E-state index contributed by atoms with van der Waals surface area (Å²) < 4.78 is 30.0. The zero-order valence-electron chi connectivity index (χ0n) is 13.0. The molecule has 6 nitrogen and oxygen atoms in total. The molecule has 1 amide bonds. The number of aromatic nitrogens is 1. The van der Waals surface area contributed by atoms with Crippen molar-refractivity contribution in [2.75, 3.05) is 5.75 Å². The standard InChI is InChI=1S/C17H16N2O4S/c1-12-9-17(19-15-7-3-2-6-14(12)15)24(21,22)11-16(20)18-10-13-5-4-8-23-13/h2-9H,10-11H2,1H3,(H,18,20). The van der Waals surface area contributed by atoms with E-state index in [1.165, 1.54) is 12.3 Å². The molecule has 0 saturated heterocycles. The Balaban J connectivity index is 1.78. The molecule has 2 aromatic heterocycles. The van der Waals surface area contributed by atoms with Gasteiger partial charge >= 0.3 is 0 Å². The van der Waals surface area contributed by atoms with Crippen LogP contribution in [0, 0.1) is 6.92 Å². The van der Waals surface area contributed by atoms with E-state index in [0.717, 1.165) is 10.9 Å².